The topological polar surface area (TPSA) is 256 Å². The molecule has 0 atom stereocenters. The van der Waals surface area contributed by atoms with E-state index >= 15 is 0 Å². The second-order valence-corrected chi connectivity index (χ2v) is 32.1. The molecule has 6 N–H and O–H groups in total. The van der Waals surface area contributed by atoms with Crippen LogP contribution in [0.5, 0.6) is 0 Å². The van der Waals surface area contributed by atoms with Crippen molar-refractivity contribution in [3.05, 3.63) is 127 Å². The molecule has 79 heavy (non-hydrogen) atoms. The van der Waals surface area contributed by atoms with Crippen molar-refractivity contribution in [2.45, 2.75) is 53.6 Å². The number of rotatable bonds is 10. The fourth-order valence-corrected chi connectivity index (χ4v) is 5.26. The van der Waals surface area contributed by atoms with Gasteiger partial charge in [0.05, 0.1) is 9.54 Å². The van der Waals surface area contributed by atoms with Crippen molar-refractivity contribution >= 4 is 246 Å². The number of hydrogen-bond donors (Lipinski definition) is 4. The Labute approximate surface area is 622 Å². The number of ether oxygens (including phenoxy) is 3. The molecular weight excluding hydrogens is 2150 g/mol. The summed E-state index contributed by atoms with van der Waals surface area (Å²) in [4.78, 5) is 58.0. The third kappa shape index (κ3) is 59.7. The van der Waals surface area contributed by atoms with Crippen molar-refractivity contribution in [1.82, 2.24) is 55.4 Å². The minimum atomic E-state index is -0.425. The van der Waals surface area contributed by atoms with Crippen LogP contribution in [0.3, 0.4) is 0 Å². The van der Waals surface area contributed by atoms with Gasteiger partial charge in [-0.25, -0.2) is 36.0 Å². The number of carbonyl (C=O) groups is 3. The maximum atomic E-state index is 11.5. The molecule has 2 amide bonds. The molecule has 0 aliphatic rings. The van der Waals surface area contributed by atoms with Gasteiger partial charge in [-0.1, -0.05) is 181 Å². The van der Waals surface area contributed by atoms with Crippen LogP contribution in [0.1, 0.15) is 72.6 Å². The van der Waals surface area contributed by atoms with E-state index in [0.717, 1.165) is 16.1 Å². The molecule has 0 aliphatic heterocycles. The standard InChI is InChI=1S/C10H11BrN4.C9H11BrN4O.C7H6BrNO2.C6H6BrN3O.C5H13NO2.C3H9N.CHI3.CH2I2.CH3I.CH2I.CH4.CH3.2V/c1-7(2)15-6-12-14-10(15)8-4-3-5-9(11)13-8;1-14(2)6-11-13-9(15)7-4-3-5-8(10)12-7;1-11-7(10)5-3-2-4-6(8)9-5;7-5-3-1-2-4(9-5)6(11)10-8;1-6(2)5(7-3)8-4;1-3(2)4;2-1(3)4;2-1-3;2*1-2;;;;/h3-7H,1-2H3;3-6H,1-2H3,(H,13,15);2-4H,1H3;1-3H,8H2,(H,10,11);5H,1-4H3;3H,4H2,1-2H3;1H;1H2;1H3;1H2;1H4;1H3;;/q;;;;;;;;;-1;;-1;;/b;11-6+;;;;;;;;;;;;. The van der Waals surface area contributed by atoms with E-state index in [9.17, 15) is 14.4 Å². The smallest absolute Gasteiger partial charge is 0.356 e. The Kier molecular flexibility index (Phi) is 84.7. The first kappa shape index (κ1) is 99.6. The number of methoxy groups -OCH3 is 3. The van der Waals surface area contributed by atoms with Gasteiger partial charge in [0, 0.05) is 71.5 Å². The number of aromatic nitrogens is 7. The van der Waals surface area contributed by atoms with Crippen LogP contribution in [0.25, 0.3) is 11.5 Å². The van der Waals surface area contributed by atoms with E-state index in [2.05, 4.69) is 263 Å². The van der Waals surface area contributed by atoms with Crippen molar-refractivity contribution < 1.29 is 65.7 Å². The molecule has 0 aliphatic carbocycles. The molecule has 2 radical (unpaired) electrons. The Hall–Kier alpha value is 1.62. The molecule has 33 heteroatoms. The number of halogens is 11. The second-order valence-electron chi connectivity index (χ2n) is 13.5. The van der Waals surface area contributed by atoms with Gasteiger partial charge in [-0.3, -0.25) is 24.8 Å². The molecule has 0 fully saturated rings. The number of amides is 2. The predicted octanol–water partition coefficient (Wildman–Crippen LogP) is 14.1. The third-order valence-corrected chi connectivity index (χ3v) is 8.26. The Bertz CT molecular complexity index is 2190. The first-order valence-electron chi connectivity index (χ1n) is 20.5. The van der Waals surface area contributed by atoms with Crippen molar-refractivity contribution in [2.24, 2.45) is 16.7 Å². The van der Waals surface area contributed by atoms with Gasteiger partial charge in [0.25, 0.3) is 11.8 Å². The van der Waals surface area contributed by atoms with Gasteiger partial charge in [-0.15, -0.1) is 10.2 Å². The molecule has 5 rings (SSSR count). The zero-order chi connectivity index (χ0) is 59.1. The van der Waals surface area contributed by atoms with Crippen LogP contribution in [0.4, 0.5) is 0 Å². The summed E-state index contributed by atoms with van der Waals surface area (Å²) in [5.41, 5.74) is 11.2. The Morgan fingerprint density at radius 2 is 1.09 bits per heavy atom. The average Bonchev–Trinajstić information content (AvgIpc) is 3.87. The van der Waals surface area contributed by atoms with E-state index in [1.54, 1.807) is 80.0 Å². The van der Waals surface area contributed by atoms with Crippen LogP contribution in [0.15, 0.2) is 103 Å². The maximum absolute atomic E-state index is 11.5. The quantitative estimate of drug-likeness (QED) is 0.00866. The summed E-state index contributed by atoms with van der Waals surface area (Å²) in [7, 11) is 11.9. The fraction of sp³-hybridized carbons (Fsp3) is 0.391. The summed E-state index contributed by atoms with van der Waals surface area (Å²) in [6.07, 6.45) is 3.01. The van der Waals surface area contributed by atoms with Crippen molar-refractivity contribution in [2.75, 3.05) is 56.9 Å². The number of hydrazine groups is 1. The Morgan fingerprint density at radius 3 is 1.39 bits per heavy atom. The predicted molar refractivity (Wildman–Crippen MR) is 392 cm³/mol. The zero-order valence-corrected chi connectivity index (χ0v) is 69.2. The Balaban J connectivity index is -0.000000104. The van der Waals surface area contributed by atoms with Gasteiger partial charge in [0.1, 0.15) is 53.8 Å². The number of hydrogen-bond acceptors (Lipinski definition) is 16. The molecule has 0 spiro atoms. The number of carbonyl (C=O) groups excluding carboxylic acids is 3. The molecular formula is C46H71Br4I7N14O6V2-2. The molecule has 450 valence electrons. The Morgan fingerprint density at radius 1 is 0.734 bits per heavy atom. The summed E-state index contributed by atoms with van der Waals surface area (Å²) >= 11 is 28.3. The molecule has 5 aromatic heterocycles. The second kappa shape index (κ2) is 67.1. The van der Waals surface area contributed by atoms with Crippen molar-refractivity contribution in [3.8, 4) is 11.5 Å². The van der Waals surface area contributed by atoms with Gasteiger partial charge < -0.3 is 59.4 Å². The van der Waals surface area contributed by atoms with E-state index in [1.165, 1.54) is 15.9 Å². The SMILES string of the molecule is C.CC(C)N.CC(C)n1cnnc1-c1cccc(Br)n1.CI.CN(C)/C=N/NC(=O)c1cccc(Br)n1.COC(=O)c1cccc(Br)n1.COC(OC)N(C)C.IC(I)I.ICI.NNC(=O)c1cccc(Br)n1.[CH2-]I.[CH3-].[V].[V]. The van der Waals surface area contributed by atoms with E-state index in [4.69, 9.17) is 21.1 Å². The van der Waals surface area contributed by atoms with Crippen LogP contribution >= 0.6 is 222 Å². The van der Waals surface area contributed by atoms with Gasteiger partial charge in [-0.05, 0) is 151 Å². The molecule has 0 unspecified atom stereocenters. The summed E-state index contributed by atoms with van der Waals surface area (Å²) < 4.78 is 20.8. The van der Waals surface area contributed by atoms with Crippen LogP contribution in [-0.4, -0.2) is 138 Å². The van der Waals surface area contributed by atoms with E-state index < -0.39 is 11.9 Å². The van der Waals surface area contributed by atoms with Crippen LogP contribution in [0.2, 0.25) is 0 Å². The zero-order valence-electron chi connectivity index (χ0n) is 44.9. The molecule has 0 aromatic carbocycles. The third-order valence-electron chi connectivity index (χ3n) is 6.49. The molecule has 0 bridgehead atoms. The summed E-state index contributed by atoms with van der Waals surface area (Å²) in [6, 6.07) is 21.6. The number of alkyl halides is 6. The summed E-state index contributed by atoms with van der Waals surface area (Å²) in [5.74, 6) is 4.54. The fourth-order valence-electron chi connectivity index (χ4n) is 3.88. The molecule has 0 saturated carbocycles. The average molecular weight is 2230 g/mol. The van der Waals surface area contributed by atoms with Crippen molar-refractivity contribution in [1.29, 1.82) is 0 Å². The number of pyridine rings is 4. The molecule has 5 aromatic rings. The van der Waals surface area contributed by atoms with Gasteiger partial charge >= 0.3 is 5.97 Å². The number of hydrazone groups is 1. The number of nitrogens with one attached hydrogen (secondary N) is 2. The first-order valence-corrected chi connectivity index (χ1v) is 34.2. The monoisotopic (exact) mass is 2220 g/mol. The van der Waals surface area contributed by atoms with E-state index in [-0.39, 0.29) is 64.3 Å². The van der Waals surface area contributed by atoms with Crippen LogP contribution in [0, 0.1) is 12.4 Å². The number of nitrogens with zero attached hydrogens (tertiary/aromatic N) is 10. The first-order chi connectivity index (χ1) is 35.3. The number of nitrogens with two attached hydrogens (primary N) is 2. The minimum Gasteiger partial charge on any atom is -0.464 e. The van der Waals surface area contributed by atoms with E-state index in [1.807, 2.05) is 103 Å². The van der Waals surface area contributed by atoms with Gasteiger partial charge in [-0.2, -0.15) is 5.10 Å². The van der Waals surface area contributed by atoms with Crippen LogP contribution < -0.4 is 22.4 Å². The largest absolute Gasteiger partial charge is 0.464 e. The molecule has 0 saturated heterocycles. The summed E-state index contributed by atoms with van der Waals surface area (Å²) in [5, 5.41) is 11.7. The minimum absolute atomic E-state index is 0. The van der Waals surface area contributed by atoms with Crippen molar-refractivity contribution in [3.63, 3.8) is 0 Å². The summed E-state index contributed by atoms with van der Waals surface area (Å²) in [6.45, 7) is 8.07. The van der Waals surface area contributed by atoms with Gasteiger partial charge in [0.2, 0.25) is 6.41 Å². The maximum Gasteiger partial charge on any atom is 0.356 e. The van der Waals surface area contributed by atoms with Crippen LogP contribution in [-0.2, 0) is 51.3 Å². The number of esters is 1. The molecule has 20 nitrogen and oxygen atoms in total. The van der Waals surface area contributed by atoms with E-state index in [0.29, 0.717) is 43.0 Å². The molecule has 5 heterocycles. The number of nitrogen functional groups attached to an aromatic ring is 1. The normalized spacial score (nSPS) is 9.05. The van der Waals surface area contributed by atoms with Gasteiger partial charge in [0.15, 0.2) is 5.82 Å².